The van der Waals surface area contributed by atoms with Gasteiger partial charge < -0.3 is 14.1 Å². The SMILES string of the molecule is Cc1cc(C)c(C(=O)N2CCC(Oc3ccc(-c4cnc5ccccc5c4)cc3)CC2)o1. The molecule has 1 saturated heterocycles. The molecule has 2 aromatic heterocycles. The average molecular weight is 427 g/mol. The molecule has 1 amide bonds. The summed E-state index contributed by atoms with van der Waals surface area (Å²) in [7, 11) is 0. The first-order valence-electron chi connectivity index (χ1n) is 11.0. The predicted octanol–water partition coefficient (Wildman–Crippen LogP) is 5.80. The number of nitrogens with zero attached hydrogens (tertiary/aromatic N) is 2. The van der Waals surface area contributed by atoms with Crippen molar-refractivity contribution in [3.63, 3.8) is 0 Å². The van der Waals surface area contributed by atoms with Gasteiger partial charge in [0.2, 0.25) is 0 Å². The second-order valence-electron chi connectivity index (χ2n) is 8.42. The zero-order valence-corrected chi connectivity index (χ0v) is 18.4. The Bertz CT molecular complexity index is 1250. The summed E-state index contributed by atoms with van der Waals surface area (Å²) in [6.07, 6.45) is 3.63. The Morgan fingerprint density at radius 3 is 2.47 bits per heavy atom. The number of carbonyl (C=O) groups excluding carboxylic acids is 1. The molecule has 32 heavy (non-hydrogen) atoms. The van der Waals surface area contributed by atoms with Crippen molar-refractivity contribution in [3.8, 4) is 16.9 Å². The molecule has 0 spiro atoms. The molecule has 0 bridgehead atoms. The third-order valence-electron chi connectivity index (χ3n) is 6.05. The minimum absolute atomic E-state index is 0.0256. The van der Waals surface area contributed by atoms with Gasteiger partial charge in [0.25, 0.3) is 5.91 Å². The zero-order valence-electron chi connectivity index (χ0n) is 18.4. The number of benzene rings is 2. The van der Waals surface area contributed by atoms with Crippen LogP contribution in [0.15, 0.2) is 71.3 Å². The van der Waals surface area contributed by atoms with Gasteiger partial charge in [-0.25, -0.2) is 0 Å². The molecule has 1 fully saturated rings. The van der Waals surface area contributed by atoms with Crippen molar-refractivity contribution in [1.29, 1.82) is 0 Å². The molecule has 2 aromatic carbocycles. The summed E-state index contributed by atoms with van der Waals surface area (Å²) in [5.74, 6) is 2.06. The number of fused-ring (bicyclic) bond motifs is 1. The van der Waals surface area contributed by atoms with E-state index >= 15 is 0 Å². The number of carbonyl (C=O) groups is 1. The molecule has 5 heteroatoms. The Kier molecular flexibility index (Phi) is 5.39. The van der Waals surface area contributed by atoms with Crippen molar-refractivity contribution >= 4 is 16.8 Å². The van der Waals surface area contributed by atoms with E-state index in [2.05, 4.69) is 29.2 Å². The Labute approximate surface area is 187 Å². The largest absolute Gasteiger partial charge is 0.490 e. The molecule has 4 aromatic rings. The molecule has 5 rings (SSSR count). The Balaban J connectivity index is 1.20. The molecular weight excluding hydrogens is 400 g/mol. The fourth-order valence-electron chi connectivity index (χ4n) is 4.32. The number of aryl methyl sites for hydroxylation is 2. The van der Waals surface area contributed by atoms with Crippen LogP contribution in [0.5, 0.6) is 5.75 Å². The zero-order chi connectivity index (χ0) is 22.1. The highest BCUT2D eigenvalue weighted by molar-refractivity contribution is 5.93. The summed E-state index contributed by atoms with van der Waals surface area (Å²) in [6, 6.07) is 20.4. The maximum absolute atomic E-state index is 12.7. The minimum Gasteiger partial charge on any atom is -0.490 e. The molecule has 0 saturated carbocycles. The van der Waals surface area contributed by atoms with Crippen LogP contribution in [0.3, 0.4) is 0 Å². The lowest BCUT2D eigenvalue weighted by atomic mass is 10.0. The topological polar surface area (TPSA) is 55.6 Å². The number of piperidine rings is 1. The van der Waals surface area contributed by atoms with Crippen molar-refractivity contribution in [2.45, 2.75) is 32.8 Å². The number of rotatable bonds is 4. The summed E-state index contributed by atoms with van der Waals surface area (Å²) in [5.41, 5.74) is 4.09. The number of pyridine rings is 1. The maximum Gasteiger partial charge on any atom is 0.289 e. The molecule has 1 aliphatic heterocycles. The third-order valence-corrected chi connectivity index (χ3v) is 6.05. The molecule has 0 N–H and O–H groups in total. The van der Waals surface area contributed by atoms with E-state index in [-0.39, 0.29) is 12.0 Å². The van der Waals surface area contributed by atoms with Gasteiger partial charge in [-0.3, -0.25) is 9.78 Å². The van der Waals surface area contributed by atoms with Gasteiger partial charge in [-0.2, -0.15) is 0 Å². The smallest absolute Gasteiger partial charge is 0.289 e. The predicted molar refractivity (Wildman–Crippen MR) is 125 cm³/mol. The van der Waals surface area contributed by atoms with Gasteiger partial charge >= 0.3 is 0 Å². The van der Waals surface area contributed by atoms with Crippen LogP contribution >= 0.6 is 0 Å². The number of furan rings is 1. The standard InChI is InChI=1S/C27H26N2O3/c1-18-15-19(2)31-26(18)27(30)29-13-11-24(12-14-29)32-23-9-7-20(8-10-23)22-16-21-5-3-4-6-25(21)28-17-22/h3-10,15-17,24H,11-14H2,1-2H3. The average Bonchev–Trinajstić information content (AvgIpc) is 3.17. The fourth-order valence-corrected chi connectivity index (χ4v) is 4.32. The lowest BCUT2D eigenvalue weighted by Gasteiger charge is -2.31. The second-order valence-corrected chi connectivity index (χ2v) is 8.42. The molecule has 0 radical (unpaired) electrons. The normalized spacial score (nSPS) is 14.6. The van der Waals surface area contributed by atoms with Crippen LogP contribution in [0.2, 0.25) is 0 Å². The van der Waals surface area contributed by atoms with Gasteiger partial charge in [0.15, 0.2) is 5.76 Å². The quantitative estimate of drug-likeness (QED) is 0.414. The van der Waals surface area contributed by atoms with Crippen LogP contribution < -0.4 is 4.74 Å². The first-order valence-corrected chi connectivity index (χ1v) is 11.0. The first-order chi connectivity index (χ1) is 15.6. The highest BCUT2D eigenvalue weighted by Gasteiger charge is 2.27. The van der Waals surface area contributed by atoms with Crippen LogP contribution in [0.4, 0.5) is 0 Å². The second kappa shape index (κ2) is 8.50. The molecular formula is C27H26N2O3. The number of ether oxygens (including phenoxy) is 1. The van der Waals surface area contributed by atoms with Crippen LogP contribution in [0.25, 0.3) is 22.0 Å². The van der Waals surface area contributed by atoms with E-state index in [1.54, 1.807) is 0 Å². The molecule has 0 aliphatic carbocycles. The Morgan fingerprint density at radius 2 is 1.75 bits per heavy atom. The number of amides is 1. The van der Waals surface area contributed by atoms with Crippen molar-refractivity contribution in [2.24, 2.45) is 0 Å². The van der Waals surface area contributed by atoms with Crippen molar-refractivity contribution < 1.29 is 13.9 Å². The molecule has 162 valence electrons. The highest BCUT2D eigenvalue weighted by Crippen LogP contribution is 2.27. The van der Waals surface area contributed by atoms with Crippen LogP contribution in [-0.2, 0) is 0 Å². The van der Waals surface area contributed by atoms with E-state index in [0.717, 1.165) is 51.9 Å². The number of likely N-dealkylation sites (tertiary alicyclic amines) is 1. The van der Waals surface area contributed by atoms with E-state index in [0.29, 0.717) is 18.8 Å². The number of para-hydroxylation sites is 1. The fraction of sp³-hybridized carbons (Fsp3) is 0.259. The molecule has 0 atom stereocenters. The Hall–Kier alpha value is -3.60. The van der Waals surface area contributed by atoms with Gasteiger partial charge in [0.1, 0.15) is 17.6 Å². The Morgan fingerprint density at radius 1 is 1.00 bits per heavy atom. The molecule has 1 aliphatic rings. The number of hydrogen-bond donors (Lipinski definition) is 0. The van der Waals surface area contributed by atoms with E-state index in [4.69, 9.17) is 9.15 Å². The number of aromatic nitrogens is 1. The summed E-state index contributed by atoms with van der Waals surface area (Å²) in [4.78, 5) is 19.2. The summed E-state index contributed by atoms with van der Waals surface area (Å²) >= 11 is 0. The monoisotopic (exact) mass is 426 g/mol. The van der Waals surface area contributed by atoms with E-state index < -0.39 is 0 Å². The summed E-state index contributed by atoms with van der Waals surface area (Å²) in [6.45, 7) is 5.12. The van der Waals surface area contributed by atoms with Crippen molar-refractivity contribution in [3.05, 3.63) is 83.9 Å². The van der Waals surface area contributed by atoms with Gasteiger partial charge in [-0.1, -0.05) is 30.3 Å². The lowest BCUT2D eigenvalue weighted by molar-refractivity contribution is 0.0564. The molecule has 3 heterocycles. The van der Waals surface area contributed by atoms with Crippen molar-refractivity contribution in [1.82, 2.24) is 9.88 Å². The van der Waals surface area contributed by atoms with Crippen LogP contribution in [0, 0.1) is 13.8 Å². The van der Waals surface area contributed by atoms with Gasteiger partial charge in [0.05, 0.1) is 5.52 Å². The van der Waals surface area contributed by atoms with E-state index in [1.807, 2.05) is 61.3 Å². The number of hydrogen-bond acceptors (Lipinski definition) is 4. The molecule has 0 unspecified atom stereocenters. The molecule has 5 nitrogen and oxygen atoms in total. The maximum atomic E-state index is 12.7. The lowest BCUT2D eigenvalue weighted by Crippen LogP contribution is -2.41. The minimum atomic E-state index is -0.0256. The summed E-state index contributed by atoms with van der Waals surface area (Å²) in [5, 5.41) is 1.13. The summed E-state index contributed by atoms with van der Waals surface area (Å²) < 4.78 is 11.8. The highest BCUT2D eigenvalue weighted by atomic mass is 16.5. The van der Waals surface area contributed by atoms with Crippen LogP contribution in [-0.4, -0.2) is 35.0 Å². The van der Waals surface area contributed by atoms with E-state index in [9.17, 15) is 4.79 Å². The first kappa shape index (κ1) is 20.3. The van der Waals surface area contributed by atoms with Gasteiger partial charge in [0, 0.05) is 48.6 Å². The van der Waals surface area contributed by atoms with E-state index in [1.165, 1.54) is 0 Å². The van der Waals surface area contributed by atoms with Crippen molar-refractivity contribution in [2.75, 3.05) is 13.1 Å². The third kappa shape index (κ3) is 4.11. The van der Waals surface area contributed by atoms with Gasteiger partial charge in [-0.05, 0) is 49.7 Å². The van der Waals surface area contributed by atoms with Crippen LogP contribution in [0.1, 0.15) is 34.7 Å². The van der Waals surface area contributed by atoms with Gasteiger partial charge in [-0.15, -0.1) is 0 Å².